The van der Waals surface area contributed by atoms with Crippen molar-refractivity contribution >= 4 is 5.91 Å². The maximum atomic E-state index is 11.7. The fourth-order valence-electron chi connectivity index (χ4n) is 2.86. The molecule has 2 N–H and O–H groups in total. The van der Waals surface area contributed by atoms with E-state index in [4.69, 9.17) is 0 Å². The number of aliphatic hydroxyl groups is 1. The lowest BCUT2D eigenvalue weighted by Crippen LogP contribution is -2.60. The zero-order valence-electron chi connectivity index (χ0n) is 12.4. The third-order valence-electron chi connectivity index (χ3n) is 3.82. The number of nitrogens with one attached hydrogen (secondary N) is 1. The second-order valence-corrected chi connectivity index (χ2v) is 5.57. The average Bonchev–Trinajstić information content (AvgIpc) is 2.49. The smallest absolute Gasteiger partial charge is 0.296 e. The van der Waals surface area contributed by atoms with E-state index in [0.29, 0.717) is 6.54 Å². The highest BCUT2D eigenvalue weighted by Crippen LogP contribution is 2.22. The minimum atomic E-state index is -0.575. The van der Waals surface area contributed by atoms with Crippen molar-refractivity contribution in [2.24, 2.45) is 0 Å². The Kier molecular flexibility index (Phi) is 5.38. The van der Waals surface area contributed by atoms with Crippen LogP contribution < -0.4 is 5.32 Å². The molecule has 0 spiro atoms. The second-order valence-electron chi connectivity index (χ2n) is 5.57. The number of carbonyl (C=O) groups is 1. The van der Waals surface area contributed by atoms with Crippen molar-refractivity contribution in [2.75, 3.05) is 19.7 Å². The normalized spacial score (nSPS) is 22.2. The zero-order chi connectivity index (χ0) is 15.1. The molecule has 1 aliphatic heterocycles. The number of amides is 1. The fraction of sp³-hybridized carbons (Fsp3) is 0.471. The number of piperidine rings is 1. The molecular weight excluding hydrogens is 264 g/mol. The maximum absolute atomic E-state index is 11.7. The van der Waals surface area contributed by atoms with Crippen LogP contribution in [0.15, 0.2) is 30.3 Å². The van der Waals surface area contributed by atoms with Crippen LogP contribution in [-0.4, -0.2) is 41.1 Å². The topological polar surface area (TPSA) is 52.6 Å². The largest absolute Gasteiger partial charge is 0.394 e. The summed E-state index contributed by atoms with van der Waals surface area (Å²) in [7, 11) is 0. The number of hydrogen-bond acceptors (Lipinski definition) is 3. The molecule has 0 aromatic heterocycles. The first-order valence-electron chi connectivity index (χ1n) is 7.29. The van der Waals surface area contributed by atoms with Crippen LogP contribution in [0.3, 0.4) is 0 Å². The van der Waals surface area contributed by atoms with Gasteiger partial charge >= 0.3 is 0 Å². The number of likely N-dealkylation sites (tertiary alicyclic amines) is 1. The summed E-state index contributed by atoms with van der Waals surface area (Å²) in [6, 6.07) is 10.2. The van der Waals surface area contributed by atoms with Crippen LogP contribution in [0.25, 0.3) is 0 Å². The van der Waals surface area contributed by atoms with Crippen molar-refractivity contribution in [2.45, 2.75) is 31.8 Å². The average molecular weight is 286 g/mol. The van der Waals surface area contributed by atoms with Gasteiger partial charge in [-0.2, -0.15) is 0 Å². The lowest BCUT2D eigenvalue weighted by Gasteiger charge is -2.42. The summed E-state index contributed by atoms with van der Waals surface area (Å²) in [5, 5.41) is 12.6. The van der Waals surface area contributed by atoms with E-state index in [1.807, 2.05) is 18.2 Å². The number of carbonyl (C=O) groups excluding carboxylic acids is 1. The summed E-state index contributed by atoms with van der Waals surface area (Å²) in [6.07, 6.45) is 1.74. The Bertz CT molecular complexity index is 533. The molecule has 0 saturated carbocycles. The van der Waals surface area contributed by atoms with Gasteiger partial charge in [-0.05, 0) is 37.8 Å². The maximum Gasteiger partial charge on any atom is 0.296 e. The van der Waals surface area contributed by atoms with Crippen molar-refractivity contribution < 1.29 is 9.90 Å². The van der Waals surface area contributed by atoms with Gasteiger partial charge in [0.05, 0.1) is 12.1 Å². The molecule has 1 aromatic rings. The number of nitrogens with zero attached hydrogens (tertiary/aromatic N) is 1. The van der Waals surface area contributed by atoms with Crippen molar-refractivity contribution in [3.63, 3.8) is 0 Å². The molecular formula is C17H22N2O2. The van der Waals surface area contributed by atoms with Crippen LogP contribution in [0.1, 0.15) is 25.3 Å². The lowest BCUT2D eigenvalue weighted by molar-refractivity contribution is -0.119. The molecule has 1 aliphatic rings. The van der Waals surface area contributed by atoms with E-state index in [0.717, 1.165) is 25.9 Å². The quantitative estimate of drug-likeness (QED) is 0.817. The predicted octanol–water partition coefficient (Wildman–Crippen LogP) is 1.15. The molecule has 1 atom stereocenters. The molecule has 1 heterocycles. The van der Waals surface area contributed by atoms with E-state index in [-0.39, 0.29) is 12.5 Å². The Labute approximate surface area is 126 Å². The first kappa shape index (κ1) is 15.6. The highest BCUT2D eigenvalue weighted by atomic mass is 16.3. The molecule has 4 heteroatoms. The monoisotopic (exact) mass is 286 g/mol. The van der Waals surface area contributed by atoms with Gasteiger partial charge in [-0.15, -0.1) is 0 Å². The molecule has 2 rings (SSSR count). The second kappa shape index (κ2) is 7.26. The third kappa shape index (κ3) is 4.32. The summed E-state index contributed by atoms with van der Waals surface area (Å²) in [5.74, 6) is 4.77. The van der Waals surface area contributed by atoms with Gasteiger partial charge in [-0.3, -0.25) is 9.69 Å². The number of benzene rings is 1. The molecule has 4 nitrogen and oxygen atoms in total. The Balaban J connectivity index is 2.03. The van der Waals surface area contributed by atoms with Gasteiger partial charge in [0.2, 0.25) is 0 Å². The van der Waals surface area contributed by atoms with Crippen LogP contribution >= 0.6 is 0 Å². The van der Waals surface area contributed by atoms with E-state index in [1.165, 1.54) is 5.56 Å². The van der Waals surface area contributed by atoms with Gasteiger partial charge in [0, 0.05) is 13.1 Å². The predicted molar refractivity (Wildman–Crippen MR) is 82.4 cm³/mol. The number of rotatable bonds is 4. The van der Waals surface area contributed by atoms with Gasteiger partial charge in [0.15, 0.2) is 0 Å². The van der Waals surface area contributed by atoms with Crippen LogP contribution in [0, 0.1) is 11.8 Å². The minimum Gasteiger partial charge on any atom is -0.394 e. The Hall–Kier alpha value is -1.83. The van der Waals surface area contributed by atoms with Gasteiger partial charge in [-0.25, -0.2) is 0 Å². The summed E-state index contributed by atoms with van der Waals surface area (Å²) < 4.78 is 0. The molecule has 112 valence electrons. The van der Waals surface area contributed by atoms with Crippen molar-refractivity contribution in [1.29, 1.82) is 0 Å². The number of hydrogen-bond donors (Lipinski definition) is 2. The molecule has 21 heavy (non-hydrogen) atoms. The molecule has 0 aliphatic carbocycles. The Morgan fingerprint density at radius 1 is 1.43 bits per heavy atom. The lowest BCUT2D eigenvalue weighted by atomic mass is 9.89. The van der Waals surface area contributed by atoms with E-state index >= 15 is 0 Å². The summed E-state index contributed by atoms with van der Waals surface area (Å²) >= 11 is 0. The van der Waals surface area contributed by atoms with E-state index in [1.54, 1.807) is 6.92 Å². The molecule has 1 aromatic carbocycles. The highest BCUT2D eigenvalue weighted by Gasteiger charge is 2.36. The SMILES string of the molecule is CC#CC(=O)NC1(CO)CCCN(Cc2ccccc2)C1. The molecule has 1 unspecified atom stereocenters. The standard InChI is InChI=1S/C17H22N2O2/c1-2-7-16(21)18-17(14-20)10-6-11-19(13-17)12-15-8-4-3-5-9-15/h3-5,8-9,20H,6,10-14H2,1H3,(H,18,21). The van der Waals surface area contributed by atoms with Gasteiger partial charge in [-0.1, -0.05) is 36.3 Å². The van der Waals surface area contributed by atoms with Gasteiger partial charge in [0.25, 0.3) is 5.91 Å². The number of aliphatic hydroxyl groups excluding tert-OH is 1. The third-order valence-corrected chi connectivity index (χ3v) is 3.82. The molecule has 0 radical (unpaired) electrons. The Morgan fingerprint density at radius 3 is 2.86 bits per heavy atom. The first-order valence-corrected chi connectivity index (χ1v) is 7.29. The molecule has 1 saturated heterocycles. The summed E-state index contributed by atoms with van der Waals surface area (Å²) in [6.45, 7) is 4.03. The zero-order valence-corrected chi connectivity index (χ0v) is 12.4. The molecule has 1 amide bonds. The summed E-state index contributed by atoms with van der Waals surface area (Å²) in [4.78, 5) is 14.0. The van der Waals surface area contributed by atoms with Crippen LogP contribution in [0.5, 0.6) is 0 Å². The van der Waals surface area contributed by atoms with Gasteiger partial charge < -0.3 is 10.4 Å². The fourth-order valence-corrected chi connectivity index (χ4v) is 2.86. The van der Waals surface area contributed by atoms with Crippen molar-refractivity contribution in [1.82, 2.24) is 10.2 Å². The Morgan fingerprint density at radius 2 is 2.19 bits per heavy atom. The van der Waals surface area contributed by atoms with E-state index in [2.05, 4.69) is 34.2 Å². The van der Waals surface area contributed by atoms with Gasteiger partial charge in [0.1, 0.15) is 0 Å². The van der Waals surface area contributed by atoms with E-state index in [9.17, 15) is 9.90 Å². The molecule has 1 fully saturated rings. The summed E-state index contributed by atoms with van der Waals surface area (Å²) in [5.41, 5.74) is 0.666. The van der Waals surface area contributed by atoms with E-state index < -0.39 is 5.54 Å². The van der Waals surface area contributed by atoms with Crippen LogP contribution in [0.2, 0.25) is 0 Å². The first-order chi connectivity index (χ1) is 10.2. The van der Waals surface area contributed by atoms with Crippen molar-refractivity contribution in [3.05, 3.63) is 35.9 Å². The molecule has 0 bridgehead atoms. The van der Waals surface area contributed by atoms with Crippen molar-refractivity contribution in [3.8, 4) is 11.8 Å². The van der Waals surface area contributed by atoms with Crippen LogP contribution in [-0.2, 0) is 11.3 Å². The highest BCUT2D eigenvalue weighted by molar-refractivity contribution is 5.93. The van der Waals surface area contributed by atoms with Crippen LogP contribution in [0.4, 0.5) is 0 Å². The minimum absolute atomic E-state index is 0.0601.